The zero-order chi connectivity index (χ0) is 19.1. The number of anilines is 1. The molecule has 0 bridgehead atoms. The molecule has 140 valence electrons. The fraction of sp³-hybridized carbons (Fsp3) is 0.286. The molecule has 27 heavy (non-hydrogen) atoms. The lowest BCUT2D eigenvalue weighted by atomic mass is 10.1. The molecule has 6 heteroatoms. The Morgan fingerprint density at radius 3 is 2.41 bits per heavy atom. The maximum Gasteiger partial charge on any atom is 0.360 e. The number of nitrogens with one attached hydrogen (secondary N) is 1. The van der Waals surface area contributed by atoms with Crippen molar-refractivity contribution in [2.24, 2.45) is 0 Å². The summed E-state index contributed by atoms with van der Waals surface area (Å²) in [6.07, 6.45) is 0. The molecule has 0 saturated carbocycles. The van der Waals surface area contributed by atoms with E-state index in [2.05, 4.69) is 15.3 Å². The third-order valence-electron chi connectivity index (χ3n) is 4.01. The van der Waals surface area contributed by atoms with Gasteiger partial charge in [-0.25, -0.2) is 14.8 Å². The highest BCUT2D eigenvalue weighted by molar-refractivity contribution is 5.95. The van der Waals surface area contributed by atoms with Crippen molar-refractivity contribution in [3.8, 4) is 0 Å². The zero-order valence-electron chi connectivity index (χ0n) is 15.6. The smallest absolute Gasteiger partial charge is 0.360 e. The molecule has 0 unspecified atom stereocenters. The zero-order valence-corrected chi connectivity index (χ0v) is 15.6. The molecule has 3 aromatic rings. The molecule has 0 aliphatic carbocycles. The molecule has 3 rings (SSSR count). The van der Waals surface area contributed by atoms with Crippen molar-refractivity contribution < 1.29 is 14.3 Å². The molecule has 0 fully saturated rings. The summed E-state index contributed by atoms with van der Waals surface area (Å²) in [6, 6.07) is 15.6. The van der Waals surface area contributed by atoms with Gasteiger partial charge in [0.05, 0.1) is 17.6 Å². The first kappa shape index (κ1) is 18.8. The predicted octanol–water partition coefficient (Wildman–Crippen LogP) is 3.74. The normalized spacial score (nSPS) is 10.7. The number of aromatic nitrogens is 2. The number of benzene rings is 2. The lowest BCUT2D eigenvalue weighted by molar-refractivity contribution is 0.0330. The lowest BCUT2D eigenvalue weighted by Crippen LogP contribution is -2.16. The first-order chi connectivity index (χ1) is 13.2. The molecule has 1 heterocycles. The Kier molecular flexibility index (Phi) is 6.33. The Labute approximate surface area is 158 Å². The van der Waals surface area contributed by atoms with Crippen molar-refractivity contribution in [2.75, 3.05) is 25.1 Å². The van der Waals surface area contributed by atoms with E-state index in [4.69, 9.17) is 9.47 Å². The highest BCUT2D eigenvalue weighted by atomic mass is 16.6. The molecule has 2 aromatic carbocycles. The van der Waals surface area contributed by atoms with E-state index in [0.717, 1.165) is 11.1 Å². The van der Waals surface area contributed by atoms with Crippen molar-refractivity contribution >= 4 is 22.8 Å². The SMILES string of the molecule is CCOCCOC(=O)c1nc2ccccc2nc1NCc1ccc(C)cc1. The van der Waals surface area contributed by atoms with Crippen LogP contribution in [0, 0.1) is 6.92 Å². The average molecular weight is 365 g/mol. The van der Waals surface area contributed by atoms with Gasteiger partial charge >= 0.3 is 5.97 Å². The van der Waals surface area contributed by atoms with Crippen LogP contribution in [0.25, 0.3) is 11.0 Å². The second kappa shape index (κ2) is 9.09. The Balaban J connectivity index is 1.82. The van der Waals surface area contributed by atoms with Gasteiger partial charge in [0.25, 0.3) is 0 Å². The highest BCUT2D eigenvalue weighted by Crippen LogP contribution is 2.19. The van der Waals surface area contributed by atoms with Crippen molar-refractivity contribution in [1.29, 1.82) is 0 Å². The van der Waals surface area contributed by atoms with Gasteiger partial charge in [-0.3, -0.25) is 0 Å². The second-order valence-corrected chi connectivity index (χ2v) is 6.08. The number of carbonyl (C=O) groups excluding carboxylic acids is 1. The molecular formula is C21H23N3O3. The van der Waals surface area contributed by atoms with E-state index in [1.54, 1.807) is 0 Å². The summed E-state index contributed by atoms with van der Waals surface area (Å²) < 4.78 is 10.5. The largest absolute Gasteiger partial charge is 0.458 e. The standard InChI is InChI=1S/C21H23N3O3/c1-3-26-12-13-27-21(25)19-20(22-14-16-10-8-15(2)9-11-16)24-18-7-5-4-6-17(18)23-19/h4-11H,3,12-14H2,1-2H3,(H,22,24). The summed E-state index contributed by atoms with van der Waals surface area (Å²) in [5, 5.41) is 3.22. The highest BCUT2D eigenvalue weighted by Gasteiger charge is 2.18. The van der Waals surface area contributed by atoms with Crippen LogP contribution in [-0.4, -0.2) is 35.8 Å². The molecule has 0 atom stereocenters. The van der Waals surface area contributed by atoms with Crippen LogP contribution < -0.4 is 5.32 Å². The minimum Gasteiger partial charge on any atom is -0.458 e. The molecule has 6 nitrogen and oxygen atoms in total. The third kappa shape index (κ3) is 5.01. The minimum absolute atomic E-state index is 0.178. The number of ether oxygens (including phenoxy) is 2. The molecule has 0 amide bonds. The van der Waals surface area contributed by atoms with Crippen LogP contribution in [0.4, 0.5) is 5.82 Å². The molecule has 0 saturated heterocycles. The van der Waals surface area contributed by atoms with Gasteiger partial charge in [0.1, 0.15) is 6.61 Å². The van der Waals surface area contributed by atoms with E-state index in [-0.39, 0.29) is 12.3 Å². The maximum absolute atomic E-state index is 12.5. The van der Waals surface area contributed by atoms with E-state index >= 15 is 0 Å². The first-order valence-electron chi connectivity index (χ1n) is 8.98. The first-order valence-corrected chi connectivity index (χ1v) is 8.98. The average Bonchev–Trinajstić information content (AvgIpc) is 2.70. The minimum atomic E-state index is -0.514. The predicted molar refractivity (Wildman–Crippen MR) is 105 cm³/mol. The van der Waals surface area contributed by atoms with E-state index in [1.807, 2.05) is 62.4 Å². The Morgan fingerprint density at radius 1 is 1.00 bits per heavy atom. The van der Waals surface area contributed by atoms with E-state index in [9.17, 15) is 4.79 Å². The summed E-state index contributed by atoms with van der Waals surface area (Å²) in [7, 11) is 0. The van der Waals surface area contributed by atoms with Crippen molar-refractivity contribution in [3.05, 3.63) is 65.4 Å². The summed E-state index contributed by atoms with van der Waals surface area (Å²) in [5.41, 5.74) is 3.83. The number of rotatable bonds is 8. The number of fused-ring (bicyclic) bond motifs is 1. The summed E-state index contributed by atoms with van der Waals surface area (Å²) in [6.45, 7) is 5.59. The quantitative estimate of drug-likeness (QED) is 0.484. The van der Waals surface area contributed by atoms with Crippen molar-refractivity contribution in [1.82, 2.24) is 9.97 Å². The van der Waals surface area contributed by atoms with Gasteiger partial charge in [-0.15, -0.1) is 0 Å². The van der Waals surface area contributed by atoms with Gasteiger partial charge in [-0.2, -0.15) is 0 Å². The van der Waals surface area contributed by atoms with Gasteiger partial charge in [0, 0.05) is 13.2 Å². The van der Waals surface area contributed by atoms with Crippen LogP contribution in [0.3, 0.4) is 0 Å². The van der Waals surface area contributed by atoms with Crippen LogP contribution in [-0.2, 0) is 16.0 Å². The molecule has 0 aliphatic heterocycles. The topological polar surface area (TPSA) is 73.3 Å². The summed E-state index contributed by atoms with van der Waals surface area (Å²) in [4.78, 5) is 21.5. The molecule has 1 aromatic heterocycles. The van der Waals surface area contributed by atoms with Crippen LogP contribution in [0.5, 0.6) is 0 Å². The number of hydrogen-bond acceptors (Lipinski definition) is 6. The van der Waals surface area contributed by atoms with Crippen molar-refractivity contribution in [3.63, 3.8) is 0 Å². The Bertz CT molecular complexity index is 910. The van der Waals surface area contributed by atoms with Gasteiger partial charge in [-0.05, 0) is 31.5 Å². The lowest BCUT2D eigenvalue weighted by Gasteiger charge is -2.12. The molecule has 1 N–H and O–H groups in total. The third-order valence-corrected chi connectivity index (χ3v) is 4.01. The molecular weight excluding hydrogens is 342 g/mol. The molecule has 0 spiro atoms. The number of para-hydroxylation sites is 2. The number of esters is 1. The monoisotopic (exact) mass is 365 g/mol. The number of aryl methyl sites for hydroxylation is 1. The molecule has 0 aliphatic rings. The number of nitrogens with zero attached hydrogens (tertiary/aromatic N) is 2. The Hall–Kier alpha value is -2.99. The van der Waals surface area contributed by atoms with Crippen LogP contribution in [0.2, 0.25) is 0 Å². The van der Waals surface area contributed by atoms with Gasteiger partial charge in [0.15, 0.2) is 11.5 Å². The number of carbonyl (C=O) groups is 1. The number of hydrogen-bond donors (Lipinski definition) is 1. The molecule has 0 radical (unpaired) electrons. The summed E-state index contributed by atoms with van der Waals surface area (Å²) >= 11 is 0. The fourth-order valence-electron chi connectivity index (χ4n) is 2.56. The Morgan fingerprint density at radius 2 is 1.70 bits per heavy atom. The fourth-order valence-corrected chi connectivity index (χ4v) is 2.56. The van der Waals surface area contributed by atoms with Crippen LogP contribution >= 0.6 is 0 Å². The second-order valence-electron chi connectivity index (χ2n) is 6.08. The van der Waals surface area contributed by atoms with Crippen LogP contribution in [0.15, 0.2) is 48.5 Å². The summed E-state index contributed by atoms with van der Waals surface area (Å²) in [5.74, 6) is -0.102. The maximum atomic E-state index is 12.5. The van der Waals surface area contributed by atoms with E-state index in [1.165, 1.54) is 5.56 Å². The van der Waals surface area contributed by atoms with Crippen molar-refractivity contribution in [2.45, 2.75) is 20.4 Å². The van der Waals surface area contributed by atoms with Crippen LogP contribution in [0.1, 0.15) is 28.5 Å². The van der Waals surface area contributed by atoms with Gasteiger partial charge in [-0.1, -0.05) is 42.0 Å². The van der Waals surface area contributed by atoms with Gasteiger partial charge in [0.2, 0.25) is 0 Å². The van der Waals surface area contributed by atoms with E-state index in [0.29, 0.717) is 31.1 Å². The van der Waals surface area contributed by atoms with E-state index < -0.39 is 5.97 Å². The van der Waals surface area contributed by atoms with Gasteiger partial charge < -0.3 is 14.8 Å².